The van der Waals surface area contributed by atoms with Crippen molar-refractivity contribution >= 4 is 17.5 Å². The van der Waals surface area contributed by atoms with E-state index < -0.39 is 0 Å². The molecule has 26 heavy (non-hydrogen) atoms. The third-order valence-corrected chi connectivity index (χ3v) is 4.27. The fourth-order valence-electron chi connectivity index (χ4n) is 2.63. The van der Waals surface area contributed by atoms with Crippen LogP contribution < -0.4 is 16.0 Å². The molecule has 136 valence electrons. The predicted octanol–water partition coefficient (Wildman–Crippen LogP) is 3.01. The highest BCUT2D eigenvalue weighted by molar-refractivity contribution is 6.00. The lowest BCUT2D eigenvalue weighted by Crippen LogP contribution is -2.33. The molecule has 0 aromatic heterocycles. The number of rotatable bonds is 7. The van der Waals surface area contributed by atoms with Gasteiger partial charge < -0.3 is 16.0 Å². The molecule has 1 aliphatic rings. The van der Waals surface area contributed by atoms with Gasteiger partial charge in [-0.05, 0) is 49.6 Å². The number of para-hydroxylation sites is 1. The first-order valence-corrected chi connectivity index (χ1v) is 8.71. The summed E-state index contributed by atoms with van der Waals surface area (Å²) in [6.45, 7) is 1.88. The second-order valence-electron chi connectivity index (χ2n) is 6.49. The number of benzene rings is 2. The Hall–Kier alpha value is -2.89. The normalized spacial score (nSPS) is 14.4. The summed E-state index contributed by atoms with van der Waals surface area (Å²) in [5.74, 6) is -0.648. The first kappa shape index (κ1) is 17.9. The molecule has 3 N–H and O–H groups in total. The van der Waals surface area contributed by atoms with E-state index >= 15 is 0 Å². The zero-order valence-corrected chi connectivity index (χ0v) is 14.6. The predicted molar refractivity (Wildman–Crippen MR) is 98.4 cm³/mol. The SMILES string of the molecule is CC(NC(=O)CNc1ccccc1C(=O)NC1CC1)c1ccc(F)cc1. The molecule has 0 aliphatic heterocycles. The molecule has 0 heterocycles. The van der Waals surface area contributed by atoms with Crippen molar-refractivity contribution in [1.82, 2.24) is 10.6 Å². The minimum absolute atomic E-state index is 0.0409. The zero-order valence-electron chi connectivity index (χ0n) is 14.6. The van der Waals surface area contributed by atoms with Crippen molar-refractivity contribution in [1.29, 1.82) is 0 Å². The largest absolute Gasteiger partial charge is 0.376 e. The first-order chi connectivity index (χ1) is 12.5. The molecular weight excluding hydrogens is 333 g/mol. The second-order valence-corrected chi connectivity index (χ2v) is 6.49. The fraction of sp³-hybridized carbons (Fsp3) is 0.300. The third-order valence-electron chi connectivity index (χ3n) is 4.27. The molecule has 6 heteroatoms. The number of anilines is 1. The number of nitrogens with one attached hydrogen (secondary N) is 3. The van der Waals surface area contributed by atoms with Crippen molar-refractivity contribution in [3.8, 4) is 0 Å². The lowest BCUT2D eigenvalue weighted by molar-refractivity contribution is -0.120. The van der Waals surface area contributed by atoms with Crippen LogP contribution in [0.15, 0.2) is 48.5 Å². The highest BCUT2D eigenvalue weighted by atomic mass is 19.1. The van der Waals surface area contributed by atoms with Gasteiger partial charge in [0, 0.05) is 11.7 Å². The van der Waals surface area contributed by atoms with Gasteiger partial charge in [0.1, 0.15) is 5.82 Å². The topological polar surface area (TPSA) is 70.2 Å². The summed E-state index contributed by atoms with van der Waals surface area (Å²) in [6, 6.07) is 13.2. The van der Waals surface area contributed by atoms with Crippen LogP contribution in [0, 0.1) is 5.82 Å². The first-order valence-electron chi connectivity index (χ1n) is 8.71. The summed E-state index contributed by atoms with van der Waals surface area (Å²) in [7, 11) is 0. The molecule has 2 amide bonds. The van der Waals surface area contributed by atoms with Crippen LogP contribution in [0.3, 0.4) is 0 Å². The Morgan fingerprint density at radius 1 is 1.12 bits per heavy atom. The van der Waals surface area contributed by atoms with Crippen molar-refractivity contribution in [2.24, 2.45) is 0 Å². The maximum Gasteiger partial charge on any atom is 0.253 e. The molecule has 1 fully saturated rings. The Balaban J connectivity index is 1.55. The number of amides is 2. The standard InChI is InChI=1S/C20H22FN3O2/c1-13(14-6-8-15(21)9-7-14)23-19(25)12-22-18-5-3-2-4-17(18)20(26)24-16-10-11-16/h2-9,13,16,22H,10-12H2,1H3,(H,23,25)(H,24,26). The van der Waals surface area contributed by atoms with E-state index in [0.29, 0.717) is 11.3 Å². The van der Waals surface area contributed by atoms with Crippen LogP contribution in [-0.2, 0) is 4.79 Å². The average Bonchev–Trinajstić information content (AvgIpc) is 3.44. The van der Waals surface area contributed by atoms with Crippen molar-refractivity contribution in [2.75, 3.05) is 11.9 Å². The lowest BCUT2D eigenvalue weighted by Gasteiger charge is -2.16. The second kappa shape index (κ2) is 7.99. The van der Waals surface area contributed by atoms with Gasteiger partial charge in [-0.3, -0.25) is 9.59 Å². The number of halogens is 1. The molecule has 1 atom stereocenters. The number of hydrogen-bond acceptors (Lipinski definition) is 3. The average molecular weight is 355 g/mol. The lowest BCUT2D eigenvalue weighted by atomic mass is 10.1. The zero-order chi connectivity index (χ0) is 18.5. The van der Waals surface area contributed by atoms with Crippen LogP contribution >= 0.6 is 0 Å². The van der Waals surface area contributed by atoms with Gasteiger partial charge >= 0.3 is 0 Å². The molecular formula is C20H22FN3O2. The van der Waals surface area contributed by atoms with E-state index in [0.717, 1.165) is 18.4 Å². The molecule has 1 aliphatic carbocycles. The smallest absolute Gasteiger partial charge is 0.253 e. The van der Waals surface area contributed by atoms with E-state index in [1.165, 1.54) is 12.1 Å². The van der Waals surface area contributed by atoms with Crippen molar-refractivity contribution in [3.63, 3.8) is 0 Å². The summed E-state index contributed by atoms with van der Waals surface area (Å²) in [5, 5.41) is 8.82. The minimum atomic E-state index is -0.310. The number of carbonyl (C=O) groups is 2. The van der Waals surface area contributed by atoms with Gasteiger partial charge in [0.05, 0.1) is 18.2 Å². The molecule has 1 unspecified atom stereocenters. The Morgan fingerprint density at radius 2 is 1.81 bits per heavy atom. The minimum Gasteiger partial charge on any atom is -0.376 e. The summed E-state index contributed by atoms with van der Waals surface area (Å²) in [6.07, 6.45) is 2.04. The monoisotopic (exact) mass is 355 g/mol. The summed E-state index contributed by atoms with van der Waals surface area (Å²) in [4.78, 5) is 24.5. The van der Waals surface area contributed by atoms with Crippen LogP contribution in [0.4, 0.5) is 10.1 Å². The molecule has 0 saturated heterocycles. The Labute approximate surface area is 152 Å². The maximum absolute atomic E-state index is 13.0. The summed E-state index contributed by atoms with van der Waals surface area (Å²) in [5.41, 5.74) is 1.97. The summed E-state index contributed by atoms with van der Waals surface area (Å²) < 4.78 is 13.0. The molecule has 5 nitrogen and oxygen atoms in total. The van der Waals surface area contributed by atoms with E-state index in [1.807, 2.05) is 13.0 Å². The van der Waals surface area contributed by atoms with E-state index in [1.54, 1.807) is 30.3 Å². The van der Waals surface area contributed by atoms with Crippen LogP contribution in [0.25, 0.3) is 0 Å². The highest BCUT2D eigenvalue weighted by Crippen LogP contribution is 2.21. The van der Waals surface area contributed by atoms with Gasteiger partial charge in [0.2, 0.25) is 5.91 Å². The van der Waals surface area contributed by atoms with Crippen LogP contribution in [0.5, 0.6) is 0 Å². The van der Waals surface area contributed by atoms with Gasteiger partial charge in [-0.15, -0.1) is 0 Å². The third kappa shape index (κ3) is 4.81. The van der Waals surface area contributed by atoms with Crippen LogP contribution in [0.1, 0.15) is 41.7 Å². The van der Waals surface area contributed by atoms with Crippen molar-refractivity contribution in [3.05, 3.63) is 65.5 Å². The molecule has 2 aromatic rings. The number of carbonyl (C=O) groups excluding carboxylic acids is 2. The van der Waals surface area contributed by atoms with Gasteiger partial charge in [0.15, 0.2) is 0 Å². The molecule has 0 bridgehead atoms. The van der Waals surface area contributed by atoms with E-state index in [4.69, 9.17) is 0 Å². The van der Waals surface area contributed by atoms with Crippen LogP contribution in [-0.4, -0.2) is 24.4 Å². The Bertz CT molecular complexity index is 788. The molecule has 0 radical (unpaired) electrons. The molecule has 0 spiro atoms. The molecule has 2 aromatic carbocycles. The summed E-state index contributed by atoms with van der Waals surface area (Å²) >= 11 is 0. The maximum atomic E-state index is 13.0. The fourth-order valence-corrected chi connectivity index (χ4v) is 2.63. The van der Waals surface area contributed by atoms with Crippen molar-refractivity contribution in [2.45, 2.75) is 31.8 Å². The van der Waals surface area contributed by atoms with E-state index in [9.17, 15) is 14.0 Å². The number of hydrogen-bond donors (Lipinski definition) is 3. The van der Waals surface area contributed by atoms with E-state index in [-0.39, 0.29) is 36.3 Å². The van der Waals surface area contributed by atoms with Crippen LogP contribution in [0.2, 0.25) is 0 Å². The van der Waals surface area contributed by atoms with Gasteiger partial charge in [0.25, 0.3) is 5.91 Å². The van der Waals surface area contributed by atoms with Gasteiger partial charge in [-0.1, -0.05) is 24.3 Å². The van der Waals surface area contributed by atoms with Gasteiger partial charge in [-0.25, -0.2) is 4.39 Å². The molecule has 1 saturated carbocycles. The van der Waals surface area contributed by atoms with Gasteiger partial charge in [-0.2, -0.15) is 0 Å². The highest BCUT2D eigenvalue weighted by Gasteiger charge is 2.24. The quantitative estimate of drug-likeness (QED) is 0.715. The molecule has 3 rings (SSSR count). The van der Waals surface area contributed by atoms with Crippen molar-refractivity contribution < 1.29 is 14.0 Å². The Kier molecular flexibility index (Phi) is 5.51. The Morgan fingerprint density at radius 3 is 2.50 bits per heavy atom. The van der Waals surface area contributed by atoms with E-state index in [2.05, 4.69) is 16.0 Å².